The fourth-order valence-corrected chi connectivity index (χ4v) is 2.95. The lowest BCUT2D eigenvalue weighted by atomic mass is 9.77. The number of carbonyl (C=O) groups is 1. The van der Waals surface area contributed by atoms with Gasteiger partial charge in [-0.3, -0.25) is 0 Å². The summed E-state index contributed by atoms with van der Waals surface area (Å²) in [6.07, 6.45) is 1.44. The molecule has 1 amide bonds. The van der Waals surface area contributed by atoms with Gasteiger partial charge in [0.15, 0.2) is 0 Å². The molecule has 0 radical (unpaired) electrons. The van der Waals surface area contributed by atoms with E-state index in [1.54, 1.807) is 0 Å². The second-order valence-electron chi connectivity index (χ2n) is 8.39. The Balaban J connectivity index is 1.70. The van der Waals surface area contributed by atoms with E-state index >= 15 is 0 Å². The average Bonchev–Trinajstić information content (AvgIpc) is 2.93. The highest BCUT2D eigenvalue weighted by molar-refractivity contribution is 6.56. The van der Waals surface area contributed by atoms with Crippen molar-refractivity contribution in [3.05, 3.63) is 71.2 Å². The molecule has 2 aromatic carbocycles. The molecule has 0 bridgehead atoms. The van der Waals surface area contributed by atoms with Gasteiger partial charge >= 0.3 is 13.2 Å². The van der Waals surface area contributed by atoms with Crippen LogP contribution in [-0.4, -0.2) is 31.0 Å². The maximum atomic E-state index is 12.2. The third-order valence-corrected chi connectivity index (χ3v) is 5.49. The van der Waals surface area contributed by atoms with Crippen molar-refractivity contribution in [2.24, 2.45) is 0 Å². The molecule has 1 fully saturated rings. The maximum Gasteiger partial charge on any atom is 0.492 e. The van der Waals surface area contributed by atoms with E-state index < -0.39 is 24.4 Å². The third kappa shape index (κ3) is 5.43. The lowest BCUT2D eigenvalue weighted by Crippen LogP contribution is -2.41. The molecule has 3 N–H and O–H groups in total. The van der Waals surface area contributed by atoms with Crippen LogP contribution in [0.25, 0.3) is 6.08 Å². The number of alkyl carbamates (subject to hydrolysis) is 1. The van der Waals surface area contributed by atoms with E-state index in [2.05, 4.69) is 5.32 Å². The summed E-state index contributed by atoms with van der Waals surface area (Å²) in [6, 6.07) is 17.0. The number of hydrogen-bond acceptors (Lipinski definition) is 5. The number of benzene rings is 2. The first kappa shape index (κ1) is 21.9. The Hall–Kier alpha value is -2.77. The molecule has 1 aliphatic heterocycles. The van der Waals surface area contributed by atoms with E-state index in [0.717, 1.165) is 16.6 Å². The lowest BCUT2D eigenvalue weighted by Gasteiger charge is -2.32. The molecule has 0 atom stereocenters. The Morgan fingerprint density at radius 3 is 2.23 bits per heavy atom. The number of carbonyl (C=O) groups excluding carboxylic acids is 1. The molecule has 3 rings (SSSR count). The molecule has 0 aliphatic carbocycles. The number of anilines is 1. The van der Waals surface area contributed by atoms with Crippen molar-refractivity contribution in [3.63, 3.8) is 0 Å². The standard InChI is InChI=1S/C23H29BN2O4/c1-22(2)23(3,4)30-24(29-22)19(14-17-10-12-20(25)13-11-17)15-26-21(27)28-16-18-8-6-5-7-9-18/h5-14H,15-16,25H2,1-4H3,(H,26,27). The zero-order chi connectivity index (χ0) is 21.8. The zero-order valence-electron chi connectivity index (χ0n) is 18.0. The molecule has 30 heavy (non-hydrogen) atoms. The van der Waals surface area contributed by atoms with Crippen LogP contribution in [0.5, 0.6) is 0 Å². The molecule has 1 aliphatic rings. The van der Waals surface area contributed by atoms with Gasteiger partial charge in [0.05, 0.1) is 11.2 Å². The van der Waals surface area contributed by atoms with Gasteiger partial charge in [0, 0.05) is 12.2 Å². The Kier molecular flexibility index (Phi) is 6.53. The van der Waals surface area contributed by atoms with Crippen molar-refractivity contribution in [2.75, 3.05) is 12.3 Å². The highest BCUT2D eigenvalue weighted by Gasteiger charge is 2.52. The van der Waals surface area contributed by atoms with Gasteiger partial charge in [-0.15, -0.1) is 0 Å². The molecule has 0 saturated carbocycles. The molecule has 0 spiro atoms. The largest absolute Gasteiger partial charge is 0.492 e. The summed E-state index contributed by atoms with van der Waals surface area (Å²) in [7, 11) is -0.582. The van der Waals surface area contributed by atoms with Crippen LogP contribution in [0.2, 0.25) is 0 Å². The quantitative estimate of drug-likeness (QED) is 0.553. The summed E-state index contributed by atoms with van der Waals surface area (Å²) in [4.78, 5) is 12.2. The molecule has 2 aromatic rings. The van der Waals surface area contributed by atoms with Gasteiger partial charge in [0.25, 0.3) is 0 Å². The van der Waals surface area contributed by atoms with Gasteiger partial charge in [-0.2, -0.15) is 0 Å². The van der Waals surface area contributed by atoms with E-state index in [0.29, 0.717) is 5.69 Å². The first-order valence-electron chi connectivity index (χ1n) is 10.0. The number of amides is 1. The molecule has 0 unspecified atom stereocenters. The lowest BCUT2D eigenvalue weighted by molar-refractivity contribution is 0.00578. The second kappa shape index (κ2) is 8.94. The highest BCUT2D eigenvalue weighted by Crippen LogP contribution is 2.38. The number of hydrogen-bond donors (Lipinski definition) is 2. The van der Waals surface area contributed by atoms with Gasteiger partial charge < -0.3 is 25.1 Å². The molecular weight excluding hydrogens is 379 g/mol. The van der Waals surface area contributed by atoms with Crippen LogP contribution in [0.1, 0.15) is 38.8 Å². The smallest absolute Gasteiger partial charge is 0.445 e. The van der Waals surface area contributed by atoms with Gasteiger partial charge in [-0.1, -0.05) is 48.5 Å². The SMILES string of the molecule is CC1(C)OB(C(=Cc2ccc(N)cc2)CNC(=O)OCc2ccccc2)OC1(C)C. The number of ether oxygens (including phenoxy) is 1. The first-order chi connectivity index (χ1) is 14.2. The summed E-state index contributed by atoms with van der Waals surface area (Å²) < 4.78 is 17.7. The predicted octanol–water partition coefficient (Wildman–Crippen LogP) is 4.21. The van der Waals surface area contributed by atoms with E-state index in [1.807, 2.05) is 88.4 Å². The van der Waals surface area contributed by atoms with E-state index in [9.17, 15) is 4.79 Å². The van der Waals surface area contributed by atoms with E-state index in [-0.39, 0.29) is 13.2 Å². The van der Waals surface area contributed by atoms with Crippen LogP contribution in [0.3, 0.4) is 0 Å². The third-order valence-electron chi connectivity index (χ3n) is 5.49. The van der Waals surface area contributed by atoms with Crippen LogP contribution in [0.15, 0.2) is 60.1 Å². The van der Waals surface area contributed by atoms with Crippen molar-refractivity contribution >= 4 is 25.0 Å². The minimum atomic E-state index is -0.582. The topological polar surface area (TPSA) is 82.8 Å². The van der Waals surface area contributed by atoms with Gasteiger partial charge in [-0.25, -0.2) is 4.79 Å². The first-order valence-corrected chi connectivity index (χ1v) is 10.0. The maximum absolute atomic E-state index is 12.2. The van der Waals surface area contributed by atoms with E-state index in [4.69, 9.17) is 19.8 Å². The highest BCUT2D eigenvalue weighted by atomic mass is 16.7. The molecular formula is C23H29BN2O4. The molecule has 6 nitrogen and oxygen atoms in total. The average molecular weight is 408 g/mol. The minimum Gasteiger partial charge on any atom is -0.445 e. The Morgan fingerprint density at radius 2 is 1.63 bits per heavy atom. The van der Waals surface area contributed by atoms with Crippen LogP contribution in [0, 0.1) is 0 Å². The Labute approximate surface area is 178 Å². The normalized spacial score (nSPS) is 17.6. The fourth-order valence-electron chi connectivity index (χ4n) is 2.95. The van der Waals surface area contributed by atoms with Crippen molar-refractivity contribution in [1.29, 1.82) is 0 Å². The van der Waals surface area contributed by atoms with Crippen LogP contribution >= 0.6 is 0 Å². The van der Waals surface area contributed by atoms with Crippen molar-refractivity contribution < 1.29 is 18.8 Å². The predicted molar refractivity (Wildman–Crippen MR) is 120 cm³/mol. The molecule has 158 valence electrons. The van der Waals surface area contributed by atoms with Crippen molar-refractivity contribution in [1.82, 2.24) is 5.32 Å². The number of nitrogens with one attached hydrogen (secondary N) is 1. The van der Waals surface area contributed by atoms with Gasteiger partial charge in [0.2, 0.25) is 0 Å². The van der Waals surface area contributed by atoms with Gasteiger partial charge in [-0.05, 0) is 56.4 Å². The minimum absolute atomic E-state index is 0.209. The van der Waals surface area contributed by atoms with Gasteiger partial charge in [0.1, 0.15) is 6.61 Å². The molecule has 0 aromatic heterocycles. The number of rotatable bonds is 6. The summed E-state index contributed by atoms with van der Waals surface area (Å²) >= 11 is 0. The number of nitrogens with two attached hydrogens (primary N) is 1. The second-order valence-corrected chi connectivity index (χ2v) is 8.39. The summed E-state index contributed by atoms with van der Waals surface area (Å²) in [5.41, 5.74) is 8.17. The summed E-state index contributed by atoms with van der Waals surface area (Å²) in [5.74, 6) is 0. The summed E-state index contributed by atoms with van der Waals surface area (Å²) in [6.45, 7) is 8.42. The van der Waals surface area contributed by atoms with Crippen molar-refractivity contribution in [3.8, 4) is 0 Å². The van der Waals surface area contributed by atoms with Crippen LogP contribution in [-0.2, 0) is 20.7 Å². The Bertz CT molecular complexity index is 879. The molecule has 1 heterocycles. The van der Waals surface area contributed by atoms with Crippen molar-refractivity contribution in [2.45, 2.75) is 45.5 Å². The monoisotopic (exact) mass is 408 g/mol. The Morgan fingerprint density at radius 1 is 1.03 bits per heavy atom. The summed E-state index contributed by atoms with van der Waals surface area (Å²) in [5, 5.41) is 2.80. The fraction of sp³-hybridized carbons (Fsp3) is 0.348. The molecule has 7 heteroatoms. The molecule has 1 saturated heterocycles. The number of nitrogen functional groups attached to an aromatic ring is 1. The van der Waals surface area contributed by atoms with Crippen LogP contribution < -0.4 is 11.1 Å². The van der Waals surface area contributed by atoms with Crippen LogP contribution in [0.4, 0.5) is 10.5 Å². The zero-order valence-corrected chi connectivity index (χ0v) is 18.0. The van der Waals surface area contributed by atoms with E-state index in [1.165, 1.54) is 0 Å².